The van der Waals surface area contributed by atoms with Crippen LogP contribution in [0.1, 0.15) is 29.7 Å². The van der Waals surface area contributed by atoms with E-state index in [1.807, 2.05) is 51.3 Å². The molecule has 5 nitrogen and oxygen atoms in total. The largest absolute Gasteiger partial charge is 0.348 e. The highest BCUT2D eigenvalue weighted by Crippen LogP contribution is 2.24. The van der Waals surface area contributed by atoms with Crippen molar-refractivity contribution in [2.45, 2.75) is 31.7 Å². The average molecular weight is 407 g/mol. The lowest BCUT2D eigenvalue weighted by molar-refractivity contribution is -0.120. The Labute approximate surface area is 166 Å². The van der Waals surface area contributed by atoms with Crippen LogP contribution in [-0.2, 0) is 14.8 Å². The average Bonchev–Trinajstić information content (AvgIpc) is 2.60. The van der Waals surface area contributed by atoms with Crippen molar-refractivity contribution in [2.24, 2.45) is 0 Å². The number of sulfonamides is 1. The number of nitrogens with one attached hydrogen (secondary N) is 1. The molecule has 2 rings (SSSR count). The quantitative estimate of drug-likeness (QED) is 0.713. The van der Waals surface area contributed by atoms with Gasteiger partial charge in [-0.05, 0) is 56.4 Å². The van der Waals surface area contributed by atoms with E-state index in [0.717, 1.165) is 32.1 Å². The Morgan fingerprint density at radius 2 is 1.89 bits per heavy atom. The SMILES string of the molecule is CSc1cccc(N(CC(=O)N[C@@H](C)c2cc(C)ccc2C)S(C)(=O)=O)c1. The van der Waals surface area contributed by atoms with Crippen LogP contribution in [0, 0.1) is 13.8 Å². The summed E-state index contributed by atoms with van der Waals surface area (Å²) in [7, 11) is -3.59. The van der Waals surface area contributed by atoms with E-state index in [1.54, 1.807) is 18.2 Å². The summed E-state index contributed by atoms with van der Waals surface area (Å²) in [5.41, 5.74) is 3.71. The fourth-order valence-corrected chi connectivity index (χ4v) is 4.19. The first-order chi connectivity index (χ1) is 12.6. The Hall–Kier alpha value is -1.99. The van der Waals surface area contributed by atoms with E-state index in [9.17, 15) is 13.2 Å². The van der Waals surface area contributed by atoms with Crippen molar-refractivity contribution in [3.05, 3.63) is 59.2 Å². The first-order valence-electron chi connectivity index (χ1n) is 8.60. The Kier molecular flexibility index (Phi) is 6.95. The van der Waals surface area contributed by atoms with Crippen molar-refractivity contribution in [2.75, 3.05) is 23.4 Å². The third kappa shape index (κ3) is 5.74. The second-order valence-corrected chi connectivity index (χ2v) is 9.41. The van der Waals surface area contributed by atoms with Crippen LogP contribution in [0.4, 0.5) is 5.69 Å². The number of hydrogen-bond donors (Lipinski definition) is 1. The van der Waals surface area contributed by atoms with Crippen LogP contribution in [0.15, 0.2) is 47.4 Å². The molecule has 2 aromatic rings. The zero-order valence-electron chi connectivity index (χ0n) is 16.3. The standard InChI is InChI=1S/C20H26N2O3S2/c1-14-9-10-15(2)19(11-14)16(3)21-20(23)13-22(27(5,24)25)17-7-6-8-18(12-17)26-4/h6-12,16H,13H2,1-5H3,(H,21,23)/t16-/m0/s1. The highest BCUT2D eigenvalue weighted by molar-refractivity contribution is 7.98. The maximum atomic E-state index is 12.6. The van der Waals surface area contributed by atoms with Crippen LogP contribution < -0.4 is 9.62 Å². The molecular weight excluding hydrogens is 380 g/mol. The van der Waals surface area contributed by atoms with E-state index in [2.05, 4.69) is 5.32 Å². The summed E-state index contributed by atoms with van der Waals surface area (Å²) in [6, 6.07) is 13.0. The van der Waals surface area contributed by atoms with Gasteiger partial charge in [0.25, 0.3) is 0 Å². The molecule has 0 aliphatic heterocycles. The molecule has 0 fully saturated rings. The number of rotatable bonds is 7. The van der Waals surface area contributed by atoms with Crippen LogP contribution >= 0.6 is 11.8 Å². The number of anilines is 1. The van der Waals surface area contributed by atoms with Crippen LogP contribution in [0.3, 0.4) is 0 Å². The van der Waals surface area contributed by atoms with Gasteiger partial charge in [-0.25, -0.2) is 8.42 Å². The summed E-state index contributed by atoms with van der Waals surface area (Å²) in [4.78, 5) is 13.5. The molecule has 1 atom stereocenters. The highest BCUT2D eigenvalue weighted by atomic mass is 32.2. The maximum absolute atomic E-state index is 12.6. The fourth-order valence-electron chi connectivity index (χ4n) is 2.89. The lowest BCUT2D eigenvalue weighted by Gasteiger charge is -2.24. The van der Waals surface area contributed by atoms with Crippen LogP contribution in [-0.4, -0.2) is 33.4 Å². The first kappa shape index (κ1) is 21.3. The predicted octanol–water partition coefficient (Wildman–Crippen LogP) is 3.67. The van der Waals surface area contributed by atoms with E-state index < -0.39 is 10.0 Å². The van der Waals surface area contributed by atoms with Gasteiger partial charge in [-0.15, -0.1) is 11.8 Å². The Morgan fingerprint density at radius 3 is 2.52 bits per heavy atom. The minimum Gasteiger partial charge on any atom is -0.348 e. The summed E-state index contributed by atoms with van der Waals surface area (Å²) in [5, 5.41) is 2.91. The van der Waals surface area contributed by atoms with E-state index in [1.165, 1.54) is 11.8 Å². The number of aryl methyl sites for hydroxylation is 2. The Morgan fingerprint density at radius 1 is 1.19 bits per heavy atom. The van der Waals surface area contributed by atoms with Crippen molar-refractivity contribution < 1.29 is 13.2 Å². The highest BCUT2D eigenvalue weighted by Gasteiger charge is 2.22. The predicted molar refractivity (Wildman–Crippen MR) is 113 cm³/mol. The normalized spacial score (nSPS) is 12.5. The molecule has 2 aromatic carbocycles. The van der Waals surface area contributed by atoms with Crippen molar-refractivity contribution in [1.82, 2.24) is 5.32 Å². The molecule has 0 saturated carbocycles. The summed E-state index contributed by atoms with van der Waals surface area (Å²) in [6.07, 6.45) is 3.03. The molecule has 1 N–H and O–H groups in total. The lowest BCUT2D eigenvalue weighted by atomic mass is 10.00. The summed E-state index contributed by atoms with van der Waals surface area (Å²) < 4.78 is 25.7. The minimum atomic E-state index is -3.59. The van der Waals surface area contributed by atoms with Crippen LogP contribution in [0.2, 0.25) is 0 Å². The van der Waals surface area contributed by atoms with Gasteiger partial charge in [0, 0.05) is 4.90 Å². The number of nitrogens with zero attached hydrogens (tertiary/aromatic N) is 1. The number of carbonyl (C=O) groups excluding carboxylic acids is 1. The molecule has 7 heteroatoms. The fraction of sp³-hybridized carbons (Fsp3) is 0.350. The second-order valence-electron chi connectivity index (χ2n) is 6.62. The van der Waals surface area contributed by atoms with Gasteiger partial charge in [-0.1, -0.05) is 29.8 Å². The van der Waals surface area contributed by atoms with Gasteiger partial charge in [0.15, 0.2) is 0 Å². The molecule has 0 bridgehead atoms. The first-order valence-corrected chi connectivity index (χ1v) is 11.7. The smallest absolute Gasteiger partial charge is 0.241 e. The molecule has 0 spiro atoms. The zero-order chi connectivity index (χ0) is 20.2. The number of benzene rings is 2. The molecule has 0 unspecified atom stereocenters. The second kappa shape index (κ2) is 8.80. The van der Waals surface area contributed by atoms with E-state index >= 15 is 0 Å². The molecule has 0 aliphatic rings. The van der Waals surface area contributed by atoms with Crippen molar-refractivity contribution >= 4 is 33.4 Å². The van der Waals surface area contributed by atoms with Crippen LogP contribution in [0.25, 0.3) is 0 Å². The van der Waals surface area contributed by atoms with Gasteiger partial charge in [0.2, 0.25) is 15.9 Å². The van der Waals surface area contributed by atoms with Gasteiger partial charge < -0.3 is 5.32 Å². The van der Waals surface area contributed by atoms with Crippen molar-refractivity contribution in [3.63, 3.8) is 0 Å². The molecule has 0 aromatic heterocycles. The zero-order valence-corrected chi connectivity index (χ0v) is 17.9. The number of amides is 1. The van der Waals surface area contributed by atoms with Gasteiger partial charge >= 0.3 is 0 Å². The third-order valence-electron chi connectivity index (χ3n) is 4.31. The van der Waals surface area contributed by atoms with Gasteiger partial charge in [0.1, 0.15) is 6.54 Å². The van der Waals surface area contributed by atoms with E-state index in [4.69, 9.17) is 0 Å². The minimum absolute atomic E-state index is 0.212. The molecule has 1 amide bonds. The molecule has 146 valence electrons. The third-order valence-corrected chi connectivity index (χ3v) is 6.17. The Balaban J connectivity index is 2.20. The lowest BCUT2D eigenvalue weighted by Crippen LogP contribution is -2.41. The molecule has 0 heterocycles. The number of thioether (sulfide) groups is 1. The Bertz CT molecular complexity index is 927. The molecule has 0 saturated heterocycles. The molecule has 27 heavy (non-hydrogen) atoms. The summed E-state index contributed by atoms with van der Waals surface area (Å²) >= 11 is 1.52. The van der Waals surface area contributed by atoms with Gasteiger partial charge in [-0.2, -0.15) is 0 Å². The molecular formula is C20H26N2O3S2. The van der Waals surface area contributed by atoms with E-state index in [0.29, 0.717) is 5.69 Å². The topological polar surface area (TPSA) is 66.5 Å². The molecule has 0 aliphatic carbocycles. The summed E-state index contributed by atoms with van der Waals surface area (Å²) in [6.45, 7) is 5.64. The monoisotopic (exact) mass is 406 g/mol. The van der Waals surface area contributed by atoms with E-state index in [-0.39, 0.29) is 18.5 Å². The van der Waals surface area contributed by atoms with Crippen molar-refractivity contribution in [1.29, 1.82) is 0 Å². The van der Waals surface area contributed by atoms with Crippen LogP contribution in [0.5, 0.6) is 0 Å². The summed E-state index contributed by atoms with van der Waals surface area (Å²) in [5.74, 6) is -0.344. The van der Waals surface area contributed by atoms with Gasteiger partial charge in [-0.3, -0.25) is 9.10 Å². The number of carbonyl (C=O) groups is 1. The number of hydrogen-bond acceptors (Lipinski definition) is 4. The van der Waals surface area contributed by atoms with Crippen molar-refractivity contribution in [3.8, 4) is 0 Å². The maximum Gasteiger partial charge on any atom is 0.241 e. The van der Waals surface area contributed by atoms with Gasteiger partial charge in [0.05, 0.1) is 18.0 Å². The molecule has 0 radical (unpaired) electrons.